The highest BCUT2D eigenvalue weighted by atomic mass is 32.2. The lowest BCUT2D eigenvalue weighted by molar-refractivity contribution is -0.122. The molecule has 1 aromatic carbocycles. The molecule has 162 valence electrons. The summed E-state index contributed by atoms with van der Waals surface area (Å²) in [7, 11) is -3.64. The largest absolute Gasteiger partial charge is 0.462 e. The molecule has 0 spiro atoms. The normalized spacial score (nSPS) is 16.0. The highest BCUT2D eigenvalue weighted by Crippen LogP contribution is 2.18. The number of nitrogens with zero attached hydrogens (tertiary/aromatic N) is 2. The van der Waals surface area contributed by atoms with Crippen LogP contribution < -0.4 is 5.32 Å². The quantitative estimate of drug-likeness (QED) is 0.600. The Morgan fingerprint density at radius 3 is 2.28 bits per heavy atom. The molecule has 0 unspecified atom stereocenters. The highest BCUT2D eigenvalue weighted by molar-refractivity contribution is 7.89. The number of nitrogens with one attached hydrogen (secondary N) is 1. The Bertz CT molecular complexity index is 785. The molecule has 0 atom stereocenters. The predicted octanol–water partition coefficient (Wildman–Crippen LogP) is 1.33. The minimum atomic E-state index is -3.64. The molecule has 1 N–H and O–H groups in total. The first-order chi connectivity index (χ1) is 13.7. The Morgan fingerprint density at radius 1 is 1.10 bits per heavy atom. The fraction of sp³-hybridized carbons (Fsp3) is 0.600. The summed E-state index contributed by atoms with van der Waals surface area (Å²) in [6.07, 6.45) is 0.937. The summed E-state index contributed by atoms with van der Waals surface area (Å²) in [6.45, 7) is 8.77. The van der Waals surface area contributed by atoms with Gasteiger partial charge in [0.1, 0.15) is 0 Å². The minimum Gasteiger partial charge on any atom is -0.462 e. The number of rotatable bonds is 9. The summed E-state index contributed by atoms with van der Waals surface area (Å²) < 4.78 is 32.0. The molecule has 1 aliphatic heterocycles. The average molecular weight is 426 g/mol. The molecular formula is C20H31N3O5S. The molecule has 0 aliphatic carbocycles. The number of ether oxygens (including phenoxy) is 1. The summed E-state index contributed by atoms with van der Waals surface area (Å²) in [5.74, 6) is 0.0312. The molecule has 1 aliphatic rings. The van der Waals surface area contributed by atoms with Gasteiger partial charge in [0.05, 0.1) is 23.6 Å². The number of esters is 1. The van der Waals surface area contributed by atoms with Crippen molar-refractivity contribution in [3.8, 4) is 0 Å². The average Bonchev–Trinajstić information content (AvgIpc) is 2.68. The van der Waals surface area contributed by atoms with Crippen molar-refractivity contribution in [3.05, 3.63) is 29.8 Å². The number of amides is 1. The van der Waals surface area contributed by atoms with E-state index in [1.165, 1.54) is 28.6 Å². The second kappa shape index (κ2) is 10.7. The van der Waals surface area contributed by atoms with Crippen molar-refractivity contribution in [2.24, 2.45) is 5.92 Å². The number of sulfonamides is 1. The maximum absolute atomic E-state index is 12.8. The van der Waals surface area contributed by atoms with E-state index in [2.05, 4.69) is 19.2 Å². The summed E-state index contributed by atoms with van der Waals surface area (Å²) in [5.41, 5.74) is 0.319. The van der Waals surface area contributed by atoms with Crippen LogP contribution in [0.25, 0.3) is 0 Å². The predicted molar refractivity (Wildman–Crippen MR) is 110 cm³/mol. The van der Waals surface area contributed by atoms with Gasteiger partial charge in [-0.25, -0.2) is 13.2 Å². The van der Waals surface area contributed by atoms with Gasteiger partial charge in [-0.2, -0.15) is 4.31 Å². The van der Waals surface area contributed by atoms with Crippen LogP contribution in [0.4, 0.5) is 0 Å². The first-order valence-corrected chi connectivity index (χ1v) is 11.4. The van der Waals surface area contributed by atoms with E-state index in [9.17, 15) is 18.0 Å². The van der Waals surface area contributed by atoms with Gasteiger partial charge in [0, 0.05) is 32.7 Å². The zero-order chi connectivity index (χ0) is 21.4. The third-order valence-corrected chi connectivity index (χ3v) is 6.66. The Balaban J connectivity index is 1.87. The van der Waals surface area contributed by atoms with Crippen LogP contribution in [-0.2, 0) is 19.6 Å². The third kappa shape index (κ3) is 6.80. The zero-order valence-corrected chi connectivity index (χ0v) is 18.2. The van der Waals surface area contributed by atoms with E-state index in [1.54, 1.807) is 6.92 Å². The molecule has 0 saturated carbocycles. The van der Waals surface area contributed by atoms with Crippen LogP contribution in [0.15, 0.2) is 29.2 Å². The molecule has 1 amide bonds. The van der Waals surface area contributed by atoms with Gasteiger partial charge >= 0.3 is 5.97 Å². The minimum absolute atomic E-state index is 0.0310. The van der Waals surface area contributed by atoms with Crippen molar-refractivity contribution in [3.63, 3.8) is 0 Å². The van der Waals surface area contributed by atoms with Gasteiger partial charge in [-0.05, 0) is 43.5 Å². The number of hydrogen-bond donors (Lipinski definition) is 1. The number of hydrogen-bond acceptors (Lipinski definition) is 6. The SMILES string of the molecule is CCOC(=O)c1ccc(S(=O)(=O)N2CCN(CC(=O)NCCC(C)C)CC2)cc1. The van der Waals surface area contributed by atoms with Crippen LogP contribution in [0.1, 0.15) is 37.6 Å². The summed E-state index contributed by atoms with van der Waals surface area (Å²) in [5, 5.41) is 2.90. The summed E-state index contributed by atoms with van der Waals surface area (Å²) in [4.78, 5) is 25.8. The second-order valence-electron chi connectivity index (χ2n) is 7.46. The molecular weight excluding hydrogens is 394 g/mol. The molecule has 2 rings (SSSR count). The smallest absolute Gasteiger partial charge is 0.338 e. The fourth-order valence-electron chi connectivity index (χ4n) is 3.01. The van der Waals surface area contributed by atoms with Gasteiger partial charge in [0.25, 0.3) is 0 Å². The Kier molecular flexibility index (Phi) is 8.60. The van der Waals surface area contributed by atoms with Gasteiger partial charge in [0.15, 0.2) is 0 Å². The molecule has 29 heavy (non-hydrogen) atoms. The third-order valence-electron chi connectivity index (χ3n) is 4.75. The first kappa shape index (κ1) is 23.3. The molecule has 8 nitrogen and oxygen atoms in total. The molecule has 0 radical (unpaired) electrons. The fourth-order valence-corrected chi connectivity index (χ4v) is 4.44. The lowest BCUT2D eigenvalue weighted by Crippen LogP contribution is -2.51. The molecule has 9 heteroatoms. The first-order valence-electron chi connectivity index (χ1n) is 10.0. The second-order valence-corrected chi connectivity index (χ2v) is 9.40. The van der Waals surface area contributed by atoms with E-state index < -0.39 is 16.0 Å². The van der Waals surface area contributed by atoms with Gasteiger partial charge in [-0.1, -0.05) is 13.8 Å². The van der Waals surface area contributed by atoms with Gasteiger partial charge in [-0.15, -0.1) is 0 Å². The summed E-state index contributed by atoms with van der Waals surface area (Å²) >= 11 is 0. The lowest BCUT2D eigenvalue weighted by atomic mass is 10.1. The van der Waals surface area contributed by atoms with Gasteiger partial charge in [0.2, 0.25) is 15.9 Å². The molecule has 0 bridgehead atoms. The topological polar surface area (TPSA) is 96.0 Å². The van der Waals surface area contributed by atoms with Crippen LogP contribution in [0, 0.1) is 5.92 Å². The maximum Gasteiger partial charge on any atom is 0.338 e. The van der Waals surface area contributed by atoms with Gasteiger partial charge in [-0.3, -0.25) is 9.69 Å². The van der Waals surface area contributed by atoms with Crippen molar-refractivity contribution >= 4 is 21.9 Å². The maximum atomic E-state index is 12.8. The molecule has 1 heterocycles. The summed E-state index contributed by atoms with van der Waals surface area (Å²) in [6, 6.07) is 5.78. The van der Waals surface area contributed by atoms with Crippen LogP contribution in [0.3, 0.4) is 0 Å². The molecule has 1 aromatic rings. The van der Waals surface area contributed by atoms with E-state index in [-0.39, 0.29) is 24.0 Å². The highest BCUT2D eigenvalue weighted by Gasteiger charge is 2.29. The Hall–Kier alpha value is -1.97. The number of carbonyl (C=O) groups excluding carboxylic acids is 2. The van der Waals surface area contributed by atoms with Gasteiger partial charge < -0.3 is 10.1 Å². The molecule has 1 fully saturated rings. The number of carbonyl (C=O) groups is 2. The standard InChI is InChI=1S/C20H31N3O5S/c1-4-28-20(25)17-5-7-18(8-6-17)29(26,27)23-13-11-22(12-14-23)15-19(24)21-10-9-16(2)3/h5-8,16H,4,9-15H2,1-3H3,(H,21,24). The van der Waals surface area contributed by atoms with Crippen molar-refractivity contribution in [2.75, 3.05) is 45.9 Å². The van der Waals surface area contributed by atoms with Crippen LogP contribution in [-0.4, -0.2) is 75.4 Å². The zero-order valence-electron chi connectivity index (χ0n) is 17.4. The van der Waals surface area contributed by atoms with E-state index >= 15 is 0 Å². The number of piperazine rings is 1. The Morgan fingerprint density at radius 2 is 1.72 bits per heavy atom. The van der Waals surface area contributed by atoms with Crippen molar-refractivity contribution in [1.29, 1.82) is 0 Å². The monoisotopic (exact) mass is 425 g/mol. The lowest BCUT2D eigenvalue weighted by Gasteiger charge is -2.33. The van der Waals surface area contributed by atoms with Crippen LogP contribution >= 0.6 is 0 Å². The van der Waals surface area contributed by atoms with Crippen LogP contribution in [0.5, 0.6) is 0 Å². The number of benzene rings is 1. The van der Waals surface area contributed by atoms with Crippen molar-refractivity contribution in [1.82, 2.24) is 14.5 Å². The van der Waals surface area contributed by atoms with Crippen molar-refractivity contribution < 1.29 is 22.7 Å². The van der Waals surface area contributed by atoms with E-state index in [4.69, 9.17) is 4.74 Å². The Labute approximate surface area is 173 Å². The van der Waals surface area contributed by atoms with E-state index in [1.807, 2.05) is 4.90 Å². The molecule has 0 aromatic heterocycles. The van der Waals surface area contributed by atoms with Crippen molar-refractivity contribution in [2.45, 2.75) is 32.1 Å². The van der Waals surface area contributed by atoms with E-state index in [0.717, 1.165) is 6.42 Å². The van der Waals surface area contributed by atoms with Crippen LogP contribution in [0.2, 0.25) is 0 Å². The van der Waals surface area contributed by atoms with E-state index in [0.29, 0.717) is 44.2 Å². The molecule has 1 saturated heterocycles.